The second-order valence-electron chi connectivity index (χ2n) is 9.21. The van der Waals surface area contributed by atoms with Gasteiger partial charge in [-0.1, -0.05) is 24.3 Å². The van der Waals surface area contributed by atoms with Gasteiger partial charge in [0.25, 0.3) is 5.56 Å². The molecular weight excluding hydrogens is 436 g/mol. The van der Waals surface area contributed by atoms with Crippen LogP contribution in [0, 0.1) is 0 Å². The third-order valence-electron chi connectivity index (χ3n) is 6.29. The van der Waals surface area contributed by atoms with Gasteiger partial charge < -0.3 is 19.7 Å². The Bertz CT molecular complexity index is 1270. The summed E-state index contributed by atoms with van der Waals surface area (Å²) >= 11 is 0. The number of fused-ring (bicyclic) bond motifs is 1. The summed E-state index contributed by atoms with van der Waals surface area (Å²) in [6.45, 7) is 4.15. The van der Waals surface area contributed by atoms with Gasteiger partial charge in [-0.2, -0.15) is 0 Å². The standard InChI is InChI=1S/C26H28N2O6/c1-26(2)11-10-18-12-15(4-9-21(18)34-26)13-20-23(24(30)28-27-20)19(14-22(29)33-3)16-5-7-17(8-6-16)25(31)32/h4-9,12,19H,10-11,13-14H2,1-3H3,(H,31,32)(H2,27,28,30). The first-order valence-electron chi connectivity index (χ1n) is 11.2. The van der Waals surface area contributed by atoms with Gasteiger partial charge in [-0.15, -0.1) is 0 Å². The van der Waals surface area contributed by atoms with Gasteiger partial charge >= 0.3 is 11.9 Å². The third-order valence-corrected chi connectivity index (χ3v) is 6.29. The topological polar surface area (TPSA) is 121 Å². The molecule has 0 saturated heterocycles. The molecule has 34 heavy (non-hydrogen) atoms. The Labute approximate surface area is 196 Å². The predicted molar refractivity (Wildman–Crippen MR) is 126 cm³/mol. The van der Waals surface area contributed by atoms with Gasteiger partial charge in [0.05, 0.1) is 19.1 Å². The molecule has 8 nitrogen and oxygen atoms in total. The highest BCUT2D eigenvalue weighted by Crippen LogP contribution is 2.34. The molecule has 1 unspecified atom stereocenters. The number of hydrogen-bond donors (Lipinski definition) is 3. The maximum atomic E-state index is 12.8. The Morgan fingerprint density at radius 1 is 1.15 bits per heavy atom. The van der Waals surface area contributed by atoms with E-state index in [0.29, 0.717) is 23.2 Å². The molecule has 3 N–H and O–H groups in total. The fraction of sp³-hybridized carbons (Fsp3) is 0.346. The second-order valence-corrected chi connectivity index (χ2v) is 9.21. The van der Waals surface area contributed by atoms with Crippen LogP contribution in [0.5, 0.6) is 5.75 Å². The first-order valence-corrected chi connectivity index (χ1v) is 11.2. The molecule has 0 spiro atoms. The van der Waals surface area contributed by atoms with Crippen molar-refractivity contribution in [3.8, 4) is 5.75 Å². The number of hydrogen-bond acceptors (Lipinski definition) is 5. The number of methoxy groups -OCH3 is 1. The normalized spacial score (nSPS) is 15.1. The van der Waals surface area contributed by atoms with E-state index in [2.05, 4.69) is 30.1 Å². The fourth-order valence-corrected chi connectivity index (χ4v) is 4.43. The number of H-pyrrole nitrogens is 2. The molecule has 4 rings (SSSR count). The van der Waals surface area contributed by atoms with Crippen LogP contribution in [-0.4, -0.2) is 40.0 Å². The summed E-state index contributed by atoms with van der Waals surface area (Å²) in [5.74, 6) is -1.23. The van der Waals surface area contributed by atoms with Crippen LogP contribution in [0.25, 0.3) is 0 Å². The molecular formula is C26H28N2O6. The largest absolute Gasteiger partial charge is 0.488 e. The van der Waals surface area contributed by atoms with Gasteiger partial charge in [-0.25, -0.2) is 4.79 Å². The number of carboxylic acid groups (broad SMARTS) is 1. The van der Waals surface area contributed by atoms with Gasteiger partial charge in [0.2, 0.25) is 0 Å². The molecule has 1 aliphatic rings. The molecule has 0 radical (unpaired) electrons. The van der Waals surface area contributed by atoms with Crippen molar-refractivity contribution in [1.82, 2.24) is 10.2 Å². The maximum absolute atomic E-state index is 12.8. The minimum atomic E-state index is -1.05. The van der Waals surface area contributed by atoms with Crippen LogP contribution in [0.2, 0.25) is 0 Å². The Balaban J connectivity index is 1.68. The number of benzene rings is 2. The smallest absolute Gasteiger partial charge is 0.335 e. The molecule has 3 aromatic rings. The lowest BCUT2D eigenvalue weighted by atomic mass is 9.86. The summed E-state index contributed by atoms with van der Waals surface area (Å²) < 4.78 is 10.9. The van der Waals surface area contributed by atoms with E-state index in [9.17, 15) is 19.5 Å². The molecule has 0 bridgehead atoms. The number of aromatic carboxylic acids is 1. The van der Waals surface area contributed by atoms with Crippen molar-refractivity contribution in [3.63, 3.8) is 0 Å². The van der Waals surface area contributed by atoms with Crippen LogP contribution in [0.3, 0.4) is 0 Å². The van der Waals surface area contributed by atoms with E-state index in [1.54, 1.807) is 12.1 Å². The van der Waals surface area contributed by atoms with Crippen LogP contribution in [0.15, 0.2) is 47.3 Å². The van der Waals surface area contributed by atoms with Gasteiger partial charge in [-0.3, -0.25) is 14.7 Å². The van der Waals surface area contributed by atoms with Crippen molar-refractivity contribution in [2.75, 3.05) is 7.11 Å². The van der Waals surface area contributed by atoms with Crippen LogP contribution >= 0.6 is 0 Å². The lowest BCUT2D eigenvalue weighted by molar-refractivity contribution is -0.140. The van der Waals surface area contributed by atoms with Crippen LogP contribution in [-0.2, 0) is 22.4 Å². The fourth-order valence-electron chi connectivity index (χ4n) is 4.43. The number of aromatic amines is 2. The number of carbonyl (C=O) groups is 2. The molecule has 1 aromatic heterocycles. The molecule has 0 amide bonds. The van der Waals surface area contributed by atoms with E-state index < -0.39 is 17.9 Å². The molecule has 8 heteroatoms. The molecule has 1 atom stereocenters. The van der Waals surface area contributed by atoms with Crippen molar-refractivity contribution in [1.29, 1.82) is 0 Å². The third kappa shape index (κ3) is 4.90. The average molecular weight is 465 g/mol. The van der Waals surface area contributed by atoms with Crippen molar-refractivity contribution in [3.05, 3.63) is 86.3 Å². The van der Waals surface area contributed by atoms with E-state index >= 15 is 0 Å². The van der Waals surface area contributed by atoms with E-state index in [0.717, 1.165) is 29.7 Å². The first-order chi connectivity index (χ1) is 16.2. The zero-order valence-corrected chi connectivity index (χ0v) is 19.4. The van der Waals surface area contributed by atoms with Gasteiger partial charge in [-0.05, 0) is 61.6 Å². The number of carboxylic acids is 1. The van der Waals surface area contributed by atoms with Crippen molar-refractivity contribution >= 4 is 11.9 Å². The second kappa shape index (κ2) is 9.21. The highest BCUT2D eigenvalue weighted by molar-refractivity contribution is 5.87. The van der Waals surface area contributed by atoms with Crippen LogP contribution < -0.4 is 10.3 Å². The zero-order valence-electron chi connectivity index (χ0n) is 19.4. The molecule has 1 aliphatic heterocycles. The van der Waals surface area contributed by atoms with Crippen molar-refractivity contribution in [2.45, 2.75) is 51.0 Å². The van der Waals surface area contributed by atoms with E-state index in [4.69, 9.17) is 9.47 Å². The highest BCUT2D eigenvalue weighted by atomic mass is 16.5. The summed E-state index contributed by atoms with van der Waals surface area (Å²) in [7, 11) is 1.30. The van der Waals surface area contributed by atoms with E-state index in [1.807, 2.05) is 12.1 Å². The molecule has 0 saturated carbocycles. The Morgan fingerprint density at radius 2 is 1.88 bits per heavy atom. The summed E-state index contributed by atoms with van der Waals surface area (Å²) in [4.78, 5) is 36.3. The summed E-state index contributed by atoms with van der Waals surface area (Å²) in [6, 6.07) is 12.2. The molecule has 0 aliphatic carbocycles. The van der Waals surface area contributed by atoms with Gasteiger partial charge in [0.1, 0.15) is 11.4 Å². The number of rotatable bonds is 7. The van der Waals surface area contributed by atoms with Crippen molar-refractivity contribution < 1.29 is 24.2 Å². The van der Waals surface area contributed by atoms with Crippen LogP contribution in [0.4, 0.5) is 0 Å². The lowest BCUT2D eigenvalue weighted by Gasteiger charge is -2.32. The molecule has 2 aromatic carbocycles. The summed E-state index contributed by atoms with van der Waals surface area (Å²) in [5.41, 5.74) is 3.51. The maximum Gasteiger partial charge on any atom is 0.335 e. The SMILES string of the molecule is COC(=O)CC(c1ccc(C(=O)O)cc1)c1c(Cc2ccc3c(c2)CCC(C)(C)O3)[nH][nH]c1=O. The first kappa shape index (κ1) is 23.4. The zero-order chi connectivity index (χ0) is 24.5. The number of ether oxygens (including phenoxy) is 2. The Morgan fingerprint density at radius 3 is 2.56 bits per heavy atom. The Hall–Kier alpha value is -3.81. The quantitative estimate of drug-likeness (QED) is 0.458. The van der Waals surface area contributed by atoms with E-state index in [-0.39, 0.29) is 23.1 Å². The summed E-state index contributed by atoms with van der Waals surface area (Å²) in [6.07, 6.45) is 2.23. The summed E-state index contributed by atoms with van der Waals surface area (Å²) in [5, 5.41) is 14.8. The van der Waals surface area contributed by atoms with Crippen LogP contribution in [0.1, 0.15) is 70.9 Å². The molecule has 0 fully saturated rings. The number of aromatic nitrogens is 2. The monoisotopic (exact) mass is 464 g/mol. The lowest BCUT2D eigenvalue weighted by Crippen LogP contribution is -2.32. The number of nitrogens with one attached hydrogen (secondary N) is 2. The molecule has 2 heterocycles. The number of aryl methyl sites for hydroxylation is 1. The minimum Gasteiger partial charge on any atom is -0.488 e. The minimum absolute atomic E-state index is 0.0516. The van der Waals surface area contributed by atoms with Crippen molar-refractivity contribution in [2.24, 2.45) is 0 Å². The van der Waals surface area contributed by atoms with Gasteiger partial charge in [0, 0.05) is 23.6 Å². The number of esters is 1. The predicted octanol–water partition coefficient (Wildman–Crippen LogP) is 3.79. The number of carbonyl (C=O) groups excluding carboxylic acids is 1. The highest BCUT2D eigenvalue weighted by Gasteiger charge is 2.28. The molecule has 178 valence electrons. The van der Waals surface area contributed by atoms with Gasteiger partial charge in [0.15, 0.2) is 0 Å². The average Bonchev–Trinajstić information content (AvgIpc) is 3.16. The Kier molecular flexibility index (Phi) is 6.32. The van der Waals surface area contributed by atoms with E-state index in [1.165, 1.54) is 19.2 Å².